The summed E-state index contributed by atoms with van der Waals surface area (Å²) in [4.78, 5) is 30.5. The molecule has 0 aromatic rings. The van der Waals surface area contributed by atoms with Crippen LogP contribution in [0.4, 0.5) is 0 Å². The highest BCUT2D eigenvalue weighted by molar-refractivity contribution is 5.84. The first-order chi connectivity index (χ1) is 10.2. The lowest BCUT2D eigenvalue weighted by molar-refractivity contribution is -0.135. The third-order valence-electron chi connectivity index (χ3n) is 5.03. The molecule has 0 radical (unpaired) electrons. The molecular weight excluding hydrogens is 270 g/mol. The van der Waals surface area contributed by atoms with E-state index in [1.54, 1.807) is 4.90 Å². The standard InChI is InChI=1S/C15H25N3O3/c1-21-11-14(19)18-9-12-8-17(15(20)13(12)10-18)7-6-16-4-2-3-5-16/h12-13H,2-11H2,1H3/t12-,13+/m1/s1. The summed E-state index contributed by atoms with van der Waals surface area (Å²) in [5, 5.41) is 0. The predicted molar refractivity (Wildman–Crippen MR) is 77.7 cm³/mol. The summed E-state index contributed by atoms with van der Waals surface area (Å²) in [7, 11) is 1.53. The van der Waals surface area contributed by atoms with E-state index in [1.807, 2.05) is 4.90 Å². The Morgan fingerprint density at radius 3 is 2.62 bits per heavy atom. The molecular formula is C15H25N3O3. The summed E-state index contributed by atoms with van der Waals surface area (Å²) in [6.45, 7) is 6.41. The van der Waals surface area contributed by atoms with Gasteiger partial charge in [-0.1, -0.05) is 0 Å². The van der Waals surface area contributed by atoms with Crippen molar-refractivity contribution in [3.63, 3.8) is 0 Å². The molecule has 0 aromatic heterocycles. The van der Waals surface area contributed by atoms with Crippen molar-refractivity contribution in [2.45, 2.75) is 12.8 Å². The van der Waals surface area contributed by atoms with Gasteiger partial charge in [-0.25, -0.2) is 0 Å². The summed E-state index contributed by atoms with van der Waals surface area (Å²) < 4.78 is 4.89. The fraction of sp³-hybridized carbons (Fsp3) is 0.867. The van der Waals surface area contributed by atoms with Gasteiger partial charge in [-0.15, -0.1) is 0 Å². The number of carbonyl (C=O) groups excluding carboxylic acids is 2. The molecule has 0 unspecified atom stereocenters. The molecule has 0 aromatic carbocycles. The van der Waals surface area contributed by atoms with Gasteiger partial charge >= 0.3 is 0 Å². The van der Waals surface area contributed by atoms with Crippen LogP contribution in [-0.4, -0.2) is 86.0 Å². The van der Waals surface area contributed by atoms with Crippen molar-refractivity contribution < 1.29 is 14.3 Å². The van der Waals surface area contributed by atoms with Gasteiger partial charge in [0, 0.05) is 45.8 Å². The number of nitrogens with zero attached hydrogens (tertiary/aromatic N) is 3. The number of hydrogen-bond acceptors (Lipinski definition) is 4. The minimum absolute atomic E-state index is 0.00307. The van der Waals surface area contributed by atoms with Crippen LogP contribution in [-0.2, 0) is 14.3 Å². The fourth-order valence-corrected chi connectivity index (χ4v) is 3.83. The molecule has 0 N–H and O–H groups in total. The summed E-state index contributed by atoms with van der Waals surface area (Å²) in [5.74, 6) is 0.580. The largest absolute Gasteiger partial charge is 0.375 e. The number of methoxy groups -OCH3 is 1. The zero-order valence-corrected chi connectivity index (χ0v) is 12.8. The summed E-state index contributed by atoms with van der Waals surface area (Å²) in [6, 6.07) is 0. The molecule has 3 rings (SSSR count). The smallest absolute Gasteiger partial charge is 0.248 e. The van der Waals surface area contributed by atoms with Crippen LogP contribution >= 0.6 is 0 Å². The molecule has 3 heterocycles. The Hall–Kier alpha value is -1.14. The molecule has 0 bridgehead atoms. The fourth-order valence-electron chi connectivity index (χ4n) is 3.83. The Bertz CT molecular complexity index is 409. The van der Waals surface area contributed by atoms with E-state index in [2.05, 4.69) is 4.90 Å². The van der Waals surface area contributed by atoms with Crippen LogP contribution in [0.2, 0.25) is 0 Å². The predicted octanol–water partition coefficient (Wildman–Crippen LogP) is -0.355. The molecule has 0 aliphatic carbocycles. The van der Waals surface area contributed by atoms with Gasteiger partial charge in [0.25, 0.3) is 0 Å². The van der Waals surface area contributed by atoms with Crippen LogP contribution in [0.3, 0.4) is 0 Å². The van der Waals surface area contributed by atoms with Gasteiger partial charge in [0.2, 0.25) is 11.8 Å². The quantitative estimate of drug-likeness (QED) is 0.695. The van der Waals surface area contributed by atoms with E-state index in [4.69, 9.17) is 4.74 Å². The topological polar surface area (TPSA) is 53.1 Å². The molecule has 3 aliphatic rings. The molecule has 2 atom stereocenters. The van der Waals surface area contributed by atoms with Crippen molar-refractivity contribution in [2.75, 3.05) is 59.5 Å². The third-order valence-corrected chi connectivity index (χ3v) is 5.03. The van der Waals surface area contributed by atoms with E-state index in [0.717, 1.165) is 19.6 Å². The van der Waals surface area contributed by atoms with Crippen LogP contribution in [0.5, 0.6) is 0 Å². The Morgan fingerprint density at radius 2 is 1.95 bits per heavy atom. The maximum Gasteiger partial charge on any atom is 0.248 e. The number of carbonyl (C=O) groups is 2. The molecule has 6 nitrogen and oxygen atoms in total. The van der Waals surface area contributed by atoms with Gasteiger partial charge in [0.05, 0.1) is 5.92 Å². The number of fused-ring (bicyclic) bond motifs is 1. The van der Waals surface area contributed by atoms with Crippen molar-refractivity contribution in [1.82, 2.24) is 14.7 Å². The highest BCUT2D eigenvalue weighted by Crippen LogP contribution is 2.32. The highest BCUT2D eigenvalue weighted by Gasteiger charge is 2.47. The molecule has 0 saturated carbocycles. The maximum absolute atomic E-state index is 12.5. The van der Waals surface area contributed by atoms with E-state index < -0.39 is 0 Å². The molecule has 3 saturated heterocycles. The molecule has 2 amide bonds. The molecule has 21 heavy (non-hydrogen) atoms. The van der Waals surface area contributed by atoms with Gasteiger partial charge in [-0.05, 0) is 25.9 Å². The first kappa shape index (κ1) is 14.8. The van der Waals surface area contributed by atoms with Crippen molar-refractivity contribution in [1.29, 1.82) is 0 Å². The second-order valence-electron chi connectivity index (χ2n) is 6.43. The van der Waals surface area contributed by atoms with Crippen molar-refractivity contribution in [2.24, 2.45) is 11.8 Å². The normalized spacial score (nSPS) is 29.5. The zero-order valence-electron chi connectivity index (χ0n) is 12.8. The first-order valence-electron chi connectivity index (χ1n) is 7.97. The Balaban J connectivity index is 1.48. The average molecular weight is 295 g/mol. The lowest BCUT2D eigenvalue weighted by atomic mass is 10.0. The Morgan fingerprint density at radius 1 is 1.19 bits per heavy atom. The van der Waals surface area contributed by atoms with Crippen molar-refractivity contribution in [3.05, 3.63) is 0 Å². The van der Waals surface area contributed by atoms with E-state index in [1.165, 1.54) is 33.0 Å². The van der Waals surface area contributed by atoms with E-state index in [0.29, 0.717) is 19.0 Å². The molecule has 118 valence electrons. The molecule has 3 fully saturated rings. The lowest BCUT2D eigenvalue weighted by Gasteiger charge is -2.24. The SMILES string of the molecule is COCC(=O)N1C[C@H]2CN(CCN3CCCC3)C(=O)[C@H]2C1. The Kier molecular flexibility index (Phi) is 4.45. The van der Waals surface area contributed by atoms with E-state index in [-0.39, 0.29) is 24.3 Å². The first-order valence-corrected chi connectivity index (χ1v) is 7.97. The zero-order chi connectivity index (χ0) is 14.8. The van der Waals surface area contributed by atoms with Crippen molar-refractivity contribution >= 4 is 11.8 Å². The van der Waals surface area contributed by atoms with Crippen LogP contribution in [0, 0.1) is 11.8 Å². The van der Waals surface area contributed by atoms with Gasteiger partial charge in [-0.3, -0.25) is 9.59 Å². The van der Waals surface area contributed by atoms with Gasteiger partial charge < -0.3 is 19.4 Å². The van der Waals surface area contributed by atoms with Gasteiger partial charge in [0.15, 0.2) is 0 Å². The second kappa shape index (κ2) is 6.32. The van der Waals surface area contributed by atoms with E-state index >= 15 is 0 Å². The maximum atomic E-state index is 12.5. The number of rotatable bonds is 5. The number of ether oxygens (including phenoxy) is 1. The molecule has 3 aliphatic heterocycles. The van der Waals surface area contributed by atoms with Crippen LogP contribution < -0.4 is 0 Å². The van der Waals surface area contributed by atoms with Gasteiger partial charge in [-0.2, -0.15) is 0 Å². The summed E-state index contributed by atoms with van der Waals surface area (Å²) in [5.41, 5.74) is 0. The average Bonchev–Trinajstić information content (AvgIpc) is 3.16. The number of hydrogen-bond donors (Lipinski definition) is 0. The summed E-state index contributed by atoms with van der Waals surface area (Å²) >= 11 is 0. The minimum Gasteiger partial charge on any atom is -0.375 e. The number of likely N-dealkylation sites (tertiary alicyclic amines) is 3. The summed E-state index contributed by atoms with van der Waals surface area (Å²) in [6.07, 6.45) is 2.57. The lowest BCUT2D eigenvalue weighted by Crippen LogP contribution is -2.39. The third kappa shape index (κ3) is 3.06. The van der Waals surface area contributed by atoms with Crippen molar-refractivity contribution in [3.8, 4) is 0 Å². The molecule has 0 spiro atoms. The van der Waals surface area contributed by atoms with Crippen LogP contribution in [0.15, 0.2) is 0 Å². The Labute approximate surface area is 126 Å². The number of amides is 2. The molecule has 6 heteroatoms. The van der Waals surface area contributed by atoms with E-state index in [9.17, 15) is 9.59 Å². The highest BCUT2D eigenvalue weighted by atomic mass is 16.5. The van der Waals surface area contributed by atoms with Crippen LogP contribution in [0.1, 0.15) is 12.8 Å². The minimum atomic E-state index is 0.00307. The monoisotopic (exact) mass is 295 g/mol. The van der Waals surface area contributed by atoms with Gasteiger partial charge in [0.1, 0.15) is 6.61 Å². The van der Waals surface area contributed by atoms with Crippen LogP contribution in [0.25, 0.3) is 0 Å². The second-order valence-corrected chi connectivity index (χ2v) is 6.43.